The second-order valence-corrected chi connectivity index (χ2v) is 7.70. The molecule has 1 fully saturated rings. The Morgan fingerprint density at radius 2 is 1.89 bits per heavy atom. The summed E-state index contributed by atoms with van der Waals surface area (Å²) in [5.74, 6) is 0.831. The Kier molecular flexibility index (Phi) is 8.27. The molecule has 0 amide bonds. The van der Waals surface area contributed by atoms with Crippen molar-refractivity contribution in [3.05, 3.63) is 59.9 Å². The number of pyridine rings is 1. The molecule has 0 radical (unpaired) electrons. The van der Waals surface area contributed by atoms with Gasteiger partial charge in [-0.25, -0.2) is 0 Å². The lowest BCUT2D eigenvalue weighted by Gasteiger charge is -2.25. The Balaban J connectivity index is 1.36. The zero-order chi connectivity index (χ0) is 19.6. The molecule has 0 aliphatic heterocycles. The summed E-state index contributed by atoms with van der Waals surface area (Å²) in [6.45, 7) is 2.27. The highest BCUT2D eigenvalue weighted by Crippen LogP contribution is 2.20. The first-order valence-corrected chi connectivity index (χ1v) is 10.3. The second kappa shape index (κ2) is 11.1. The van der Waals surface area contributed by atoms with Gasteiger partial charge >= 0.3 is 0 Å². The number of aromatic nitrogens is 1. The number of likely N-dealkylation sites (N-methyl/N-ethyl adjacent to an activating group) is 1. The highest BCUT2D eigenvalue weighted by atomic mass is 16.5. The minimum Gasteiger partial charge on any atom is -0.487 e. The van der Waals surface area contributed by atoms with Crippen LogP contribution in [0.15, 0.2) is 48.7 Å². The summed E-state index contributed by atoms with van der Waals surface area (Å²) in [5.41, 5.74) is 2.10. The fraction of sp³-hybridized carbons (Fsp3) is 0.522. The highest BCUT2D eigenvalue weighted by Gasteiger charge is 2.16. The van der Waals surface area contributed by atoms with Crippen LogP contribution in [0.1, 0.15) is 43.4 Å². The number of rotatable bonds is 10. The van der Waals surface area contributed by atoms with Crippen LogP contribution in [-0.2, 0) is 17.9 Å². The molecule has 5 heteroatoms. The fourth-order valence-corrected chi connectivity index (χ4v) is 3.60. The van der Waals surface area contributed by atoms with E-state index in [1.54, 1.807) is 6.20 Å². The summed E-state index contributed by atoms with van der Waals surface area (Å²) in [6.07, 6.45) is 7.75. The van der Waals surface area contributed by atoms with Crippen LogP contribution < -0.4 is 4.74 Å². The molecule has 1 N–H and O–H groups in total. The molecule has 3 rings (SSSR count). The van der Waals surface area contributed by atoms with Gasteiger partial charge in [0.25, 0.3) is 0 Å². The zero-order valence-corrected chi connectivity index (χ0v) is 16.8. The van der Waals surface area contributed by atoms with Crippen molar-refractivity contribution >= 4 is 0 Å². The van der Waals surface area contributed by atoms with E-state index in [0.29, 0.717) is 25.9 Å². The van der Waals surface area contributed by atoms with Gasteiger partial charge in [0.2, 0.25) is 0 Å². The first-order valence-electron chi connectivity index (χ1n) is 10.3. The molecule has 1 saturated carbocycles. The van der Waals surface area contributed by atoms with Crippen molar-refractivity contribution in [2.24, 2.45) is 0 Å². The molecule has 152 valence electrons. The van der Waals surface area contributed by atoms with Gasteiger partial charge in [0, 0.05) is 19.3 Å². The highest BCUT2D eigenvalue weighted by molar-refractivity contribution is 5.27. The van der Waals surface area contributed by atoms with E-state index in [1.807, 2.05) is 37.4 Å². The molecule has 28 heavy (non-hydrogen) atoms. The number of hydrogen-bond acceptors (Lipinski definition) is 5. The van der Waals surface area contributed by atoms with E-state index in [0.717, 1.165) is 30.8 Å². The van der Waals surface area contributed by atoms with Crippen LogP contribution in [0, 0.1) is 0 Å². The summed E-state index contributed by atoms with van der Waals surface area (Å²) in [5, 5.41) is 10.3. The molecule has 1 aliphatic carbocycles. The van der Waals surface area contributed by atoms with Crippen LogP contribution in [0.2, 0.25) is 0 Å². The third-order valence-electron chi connectivity index (χ3n) is 5.09. The van der Waals surface area contributed by atoms with E-state index in [-0.39, 0.29) is 0 Å². The normalized spacial score (nSPS) is 16.2. The van der Waals surface area contributed by atoms with Crippen molar-refractivity contribution in [3.8, 4) is 5.75 Å². The molecule has 1 atom stereocenters. The number of aliphatic hydroxyl groups excluding tert-OH is 1. The Labute approximate surface area is 168 Å². The lowest BCUT2D eigenvalue weighted by atomic mass is 9.98. The maximum atomic E-state index is 10.3. The van der Waals surface area contributed by atoms with Crippen molar-refractivity contribution in [2.45, 2.75) is 57.5 Å². The van der Waals surface area contributed by atoms with E-state index in [4.69, 9.17) is 9.47 Å². The van der Waals surface area contributed by atoms with Gasteiger partial charge in [-0.2, -0.15) is 0 Å². The van der Waals surface area contributed by atoms with Gasteiger partial charge in [-0.15, -0.1) is 0 Å². The predicted molar refractivity (Wildman–Crippen MR) is 110 cm³/mol. The lowest BCUT2D eigenvalue weighted by Crippen LogP contribution is -2.33. The summed E-state index contributed by atoms with van der Waals surface area (Å²) in [6, 6.07) is 13.9. The van der Waals surface area contributed by atoms with E-state index in [1.165, 1.54) is 24.8 Å². The van der Waals surface area contributed by atoms with Gasteiger partial charge in [0.05, 0.1) is 24.5 Å². The summed E-state index contributed by atoms with van der Waals surface area (Å²) < 4.78 is 11.7. The van der Waals surface area contributed by atoms with Gasteiger partial charge in [0.1, 0.15) is 12.4 Å². The third kappa shape index (κ3) is 7.23. The van der Waals surface area contributed by atoms with E-state index in [9.17, 15) is 5.11 Å². The Hall–Kier alpha value is -1.95. The van der Waals surface area contributed by atoms with Gasteiger partial charge in [-0.3, -0.25) is 9.88 Å². The van der Waals surface area contributed by atoms with Gasteiger partial charge in [0.15, 0.2) is 0 Å². The minimum atomic E-state index is -0.451. The maximum absolute atomic E-state index is 10.3. The van der Waals surface area contributed by atoms with Crippen LogP contribution in [0.25, 0.3) is 0 Å². The van der Waals surface area contributed by atoms with Crippen molar-refractivity contribution in [1.82, 2.24) is 9.88 Å². The molecule has 1 aliphatic rings. The fourth-order valence-electron chi connectivity index (χ4n) is 3.60. The molecule has 0 spiro atoms. The standard InChI is InChI=1S/C23H32N2O3/c1-25(16-21(26)18-28-22-8-3-2-4-9-22)15-19-10-12-23(13-11-19)27-17-20-7-5-6-14-24-20/h5-7,10-14,21-22,26H,2-4,8-9,15-18H2,1H3/t21-/m0/s1. The number of aliphatic hydroxyl groups is 1. The van der Waals surface area contributed by atoms with E-state index < -0.39 is 6.10 Å². The molecule has 1 aromatic heterocycles. The summed E-state index contributed by atoms with van der Waals surface area (Å²) >= 11 is 0. The molecule has 0 saturated heterocycles. The molecular formula is C23H32N2O3. The van der Waals surface area contributed by atoms with Crippen LogP contribution in [0.3, 0.4) is 0 Å². The maximum Gasteiger partial charge on any atom is 0.130 e. The quantitative estimate of drug-likeness (QED) is 0.675. The van der Waals surface area contributed by atoms with Crippen LogP contribution in [-0.4, -0.2) is 47.4 Å². The Bertz CT molecular complexity index is 672. The molecule has 5 nitrogen and oxygen atoms in total. The zero-order valence-electron chi connectivity index (χ0n) is 16.8. The largest absolute Gasteiger partial charge is 0.487 e. The number of ether oxygens (including phenoxy) is 2. The SMILES string of the molecule is CN(Cc1ccc(OCc2ccccn2)cc1)C[C@H](O)COC1CCCCC1. The van der Waals surface area contributed by atoms with Gasteiger partial charge < -0.3 is 14.6 Å². The minimum absolute atomic E-state index is 0.340. The molecule has 0 unspecified atom stereocenters. The summed E-state index contributed by atoms with van der Waals surface area (Å²) in [7, 11) is 2.02. The van der Waals surface area contributed by atoms with Crippen molar-refractivity contribution in [2.75, 3.05) is 20.2 Å². The topological polar surface area (TPSA) is 54.8 Å². The first-order chi connectivity index (χ1) is 13.7. The average molecular weight is 385 g/mol. The monoisotopic (exact) mass is 384 g/mol. The Morgan fingerprint density at radius 1 is 1.11 bits per heavy atom. The van der Waals surface area contributed by atoms with Crippen LogP contribution in [0.4, 0.5) is 0 Å². The van der Waals surface area contributed by atoms with E-state index >= 15 is 0 Å². The van der Waals surface area contributed by atoms with Gasteiger partial charge in [-0.05, 0) is 49.7 Å². The molecule has 2 aromatic rings. The molecule has 1 heterocycles. The Morgan fingerprint density at radius 3 is 2.61 bits per heavy atom. The predicted octanol–water partition coefficient (Wildman–Crippen LogP) is 3.80. The third-order valence-corrected chi connectivity index (χ3v) is 5.09. The van der Waals surface area contributed by atoms with Crippen molar-refractivity contribution in [1.29, 1.82) is 0 Å². The van der Waals surface area contributed by atoms with Crippen LogP contribution >= 0.6 is 0 Å². The van der Waals surface area contributed by atoms with Crippen molar-refractivity contribution in [3.63, 3.8) is 0 Å². The number of benzene rings is 1. The lowest BCUT2D eigenvalue weighted by molar-refractivity contribution is -0.0319. The summed E-state index contributed by atoms with van der Waals surface area (Å²) in [4.78, 5) is 6.38. The van der Waals surface area contributed by atoms with Gasteiger partial charge in [-0.1, -0.05) is 37.5 Å². The smallest absolute Gasteiger partial charge is 0.130 e. The van der Waals surface area contributed by atoms with E-state index in [2.05, 4.69) is 22.0 Å². The van der Waals surface area contributed by atoms with Crippen molar-refractivity contribution < 1.29 is 14.6 Å². The number of hydrogen-bond donors (Lipinski definition) is 1. The van der Waals surface area contributed by atoms with Crippen LogP contribution in [0.5, 0.6) is 5.75 Å². The molecule has 1 aromatic carbocycles. The molecule has 0 bridgehead atoms. The molecular weight excluding hydrogens is 352 g/mol. The second-order valence-electron chi connectivity index (χ2n) is 7.70. The first kappa shape index (κ1) is 20.8. The number of nitrogens with zero attached hydrogens (tertiary/aromatic N) is 2. The average Bonchev–Trinajstić information content (AvgIpc) is 2.73.